The smallest absolute Gasteiger partial charge is 0.191 e. The number of hydrogen-bond acceptors (Lipinski definition) is 1. The molecule has 1 rings (SSSR count). The molecule has 0 bridgehead atoms. The highest BCUT2D eigenvalue weighted by molar-refractivity contribution is 5.78. The minimum absolute atomic E-state index is 0.0626. The molecular formula is C12H25N3. The van der Waals surface area contributed by atoms with Crippen LogP contribution < -0.4 is 5.73 Å². The first-order valence-corrected chi connectivity index (χ1v) is 6.02. The van der Waals surface area contributed by atoms with E-state index in [9.17, 15) is 0 Å². The first-order valence-electron chi connectivity index (χ1n) is 6.02. The summed E-state index contributed by atoms with van der Waals surface area (Å²) in [7, 11) is 0. The predicted molar refractivity (Wildman–Crippen MR) is 66.0 cm³/mol. The molecule has 1 aliphatic rings. The molecule has 0 aromatic carbocycles. The van der Waals surface area contributed by atoms with Gasteiger partial charge in [0, 0.05) is 13.1 Å². The lowest BCUT2D eigenvalue weighted by Crippen LogP contribution is -2.37. The molecule has 0 saturated carbocycles. The minimum Gasteiger partial charge on any atom is -0.370 e. The highest BCUT2D eigenvalue weighted by Crippen LogP contribution is 2.21. The van der Waals surface area contributed by atoms with Gasteiger partial charge in [-0.15, -0.1) is 0 Å². The Labute approximate surface area is 93.7 Å². The van der Waals surface area contributed by atoms with E-state index in [1.165, 1.54) is 19.3 Å². The van der Waals surface area contributed by atoms with Gasteiger partial charge in [0.2, 0.25) is 0 Å². The molecule has 3 heteroatoms. The molecule has 3 nitrogen and oxygen atoms in total. The summed E-state index contributed by atoms with van der Waals surface area (Å²) in [4.78, 5) is 6.73. The third kappa shape index (κ3) is 4.10. The summed E-state index contributed by atoms with van der Waals surface area (Å²) in [5.41, 5.74) is 5.94. The second-order valence-corrected chi connectivity index (χ2v) is 5.53. The largest absolute Gasteiger partial charge is 0.370 e. The molecule has 1 heterocycles. The normalized spacial score (nSPS) is 23.6. The molecule has 88 valence electrons. The van der Waals surface area contributed by atoms with Crippen molar-refractivity contribution in [2.45, 2.75) is 52.5 Å². The van der Waals surface area contributed by atoms with Crippen LogP contribution in [-0.4, -0.2) is 29.5 Å². The van der Waals surface area contributed by atoms with Crippen LogP contribution in [0.4, 0.5) is 0 Å². The van der Waals surface area contributed by atoms with Gasteiger partial charge in [-0.3, -0.25) is 0 Å². The van der Waals surface area contributed by atoms with Gasteiger partial charge in [0.05, 0.1) is 5.54 Å². The Morgan fingerprint density at radius 1 is 1.47 bits per heavy atom. The van der Waals surface area contributed by atoms with Gasteiger partial charge < -0.3 is 10.6 Å². The van der Waals surface area contributed by atoms with E-state index in [1.54, 1.807) is 0 Å². The summed E-state index contributed by atoms with van der Waals surface area (Å²) in [6, 6.07) is 0. The van der Waals surface area contributed by atoms with Crippen LogP contribution in [0.15, 0.2) is 4.99 Å². The summed E-state index contributed by atoms with van der Waals surface area (Å²) in [5.74, 6) is 1.55. The number of hydrogen-bond donors (Lipinski definition) is 1. The van der Waals surface area contributed by atoms with Crippen molar-refractivity contribution in [1.29, 1.82) is 0 Å². The molecule has 0 aromatic rings. The molecular weight excluding hydrogens is 186 g/mol. The fraction of sp³-hybridized carbons (Fsp3) is 0.917. The Hall–Kier alpha value is -0.730. The predicted octanol–water partition coefficient (Wildman–Crippen LogP) is 2.22. The third-order valence-electron chi connectivity index (χ3n) is 2.76. The lowest BCUT2D eigenvalue weighted by molar-refractivity contribution is 0.445. The van der Waals surface area contributed by atoms with E-state index in [0.717, 1.165) is 25.0 Å². The van der Waals surface area contributed by atoms with Crippen molar-refractivity contribution < 1.29 is 0 Å². The Morgan fingerprint density at radius 3 is 2.67 bits per heavy atom. The number of likely N-dealkylation sites (tertiary alicyclic amines) is 1. The molecule has 2 N–H and O–H groups in total. The molecule has 15 heavy (non-hydrogen) atoms. The quantitative estimate of drug-likeness (QED) is 0.562. The van der Waals surface area contributed by atoms with Gasteiger partial charge in [-0.1, -0.05) is 13.3 Å². The summed E-state index contributed by atoms with van der Waals surface area (Å²) in [5, 5.41) is 0. The molecule has 1 atom stereocenters. The van der Waals surface area contributed by atoms with Crippen molar-refractivity contribution in [2.24, 2.45) is 16.6 Å². The lowest BCUT2D eigenvalue weighted by Gasteiger charge is -2.21. The molecule has 1 unspecified atom stereocenters. The standard InChI is InChI=1S/C12H25N3/c1-5-6-10-7-8-15(9-10)11(13)14-12(2,3)4/h10H,5-9H2,1-4H3,(H2,13,14). The number of aliphatic imine (C=N–C) groups is 1. The van der Waals surface area contributed by atoms with Crippen molar-refractivity contribution in [2.75, 3.05) is 13.1 Å². The Morgan fingerprint density at radius 2 is 2.13 bits per heavy atom. The van der Waals surface area contributed by atoms with Crippen molar-refractivity contribution in [1.82, 2.24) is 4.90 Å². The summed E-state index contributed by atoms with van der Waals surface area (Å²) >= 11 is 0. The van der Waals surface area contributed by atoms with Crippen LogP contribution in [0.25, 0.3) is 0 Å². The fourth-order valence-corrected chi connectivity index (χ4v) is 2.10. The first kappa shape index (κ1) is 12.3. The number of rotatable bonds is 2. The number of guanidine groups is 1. The number of nitrogens with two attached hydrogens (primary N) is 1. The Balaban J connectivity index is 2.50. The van der Waals surface area contributed by atoms with Gasteiger partial charge in [0.1, 0.15) is 0 Å². The first-order chi connectivity index (χ1) is 6.92. The van der Waals surface area contributed by atoms with Gasteiger partial charge in [0.25, 0.3) is 0 Å². The van der Waals surface area contributed by atoms with Crippen LogP contribution in [0.5, 0.6) is 0 Å². The third-order valence-corrected chi connectivity index (χ3v) is 2.76. The highest BCUT2D eigenvalue weighted by atomic mass is 15.3. The fourth-order valence-electron chi connectivity index (χ4n) is 2.10. The van der Waals surface area contributed by atoms with E-state index in [-0.39, 0.29) is 5.54 Å². The zero-order valence-corrected chi connectivity index (χ0v) is 10.6. The van der Waals surface area contributed by atoms with Crippen LogP contribution in [-0.2, 0) is 0 Å². The maximum absolute atomic E-state index is 6.00. The summed E-state index contributed by atoms with van der Waals surface area (Å²) < 4.78 is 0. The van der Waals surface area contributed by atoms with Crippen molar-refractivity contribution >= 4 is 5.96 Å². The minimum atomic E-state index is -0.0626. The average Bonchev–Trinajstić information content (AvgIpc) is 2.50. The molecule has 1 saturated heterocycles. The molecule has 0 radical (unpaired) electrons. The van der Waals surface area contributed by atoms with Gasteiger partial charge in [-0.25, -0.2) is 4.99 Å². The van der Waals surface area contributed by atoms with E-state index in [1.807, 2.05) is 0 Å². The van der Waals surface area contributed by atoms with E-state index < -0.39 is 0 Å². The second kappa shape index (κ2) is 4.86. The van der Waals surface area contributed by atoms with E-state index in [4.69, 9.17) is 5.73 Å². The summed E-state index contributed by atoms with van der Waals surface area (Å²) in [6.45, 7) is 10.7. The number of nitrogens with zero attached hydrogens (tertiary/aromatic N) is 2. The van der Waals surface area contributed by atoms with Crippen LogP contribution in [0, 0.1) is 5.92 Å². The SMILES string of the molecule is CCCC1CCN(C(N)=NC(C)(C)C)C1. The molecule has 0 aliphatic carbocycles. The molecule has 1 aliphatic heterocycles. The maximum Gasteiger partial charge on any atom is 0.191 e. The molecule has 1 fully saturated rings. The highest BCUT2D eigenvalue weighted by Gasteiger charge is 2.23. The van der Waals surface area contributed by atoms with Gasteiger partial charge in [-0.05, 0) is 39.5 Å². The maximum atomic E-state index is 6.00. The lowest BCUT2D eigenvalue weighted by atomic mass is 10.0. The summed E-state index contributed by atoms with van der Waals surface area (Å²) in [6.07, 6.45) is 3.86. The van der Waals surface area contributed by atoms with E-state index in [2.05, 4.69) is 37.6 Å². The zero-order valence-electron chi connectivity index (χ0n) is 10.6. The zero-order chi connectivity index (χ0) is 11.5. The Kier molecular flexibility index (Phi) is 4.00. The van der Waals surface area contributed by atoms with Crippen LogP contribution in [0.3, 0.4) is 0 Å². The van der Waals surface area contributed by atoms with Crippen molar-refractivity contribution in [3.8, 4) is 0 Å². The second-order valence-electron chi connectivity index (χ2n) is 5.53. The molecule has 0 amide bonds. The average molecular weight is 211 g/mol. The van der Waals surface area contributed by atoms with Gasteiger partial charge >= 0.3 is 0 Å². The van der Waals surface area contributed by atoms with Gasteiger partial charge in [0.15, 0.2) is 5.96 Å². The Bertz CT molecular complexity index is 228. The topological polar surface area (TPSA) is 41.6 Å². The van der Waals surface area contributed by atoms with Crippen molar-refractivity contribution in [3.63, 3.8) is 0 Å². The van der Waals surface area contributed by atoms with Crippen molar-refractivity contribution in [3.05, 3.63) is 0 Å². The molecule has 0 aromatic heterocycles. The van der Waals surface area contributed by atoms with Crippen LogP contribution >= 0.6 is 0 Å². The monoisotopic (exact) mass is 211 g/mol. The van der Waals surface area contributed by atoms with E-state index in [0.29, 0.717) is 0 Å². The van der Waals surface area contributed by atoms with Crippen LogP contribution in [0.2, 0.25) is 0 Å². The molecule has 0 spiro atoms. The van der Waals surface area contributed by atoms with E-state index >= 15 is 0 Å². The van der Waals surface area contributed by atoms with Gasteiger partial charge in [-0.2, -0.15) is 0 Å². The van der Waals surface area contributed by atoms with Crippen LogP contribution in [0.1, 0.15) is 47.0 Å².